The molecule has 6 heteroatoms. The molecule has 3 aromatic heterocycles. The Labute approximate surface area is 128 Å². The third-order valence-corrected chi connectivity index (χ3v) is 3.10. The fourth-order valence-electron chi connectivity index (χ4n) is 2.01. The summed E-state index contributed by atoms with van der Waals surface area (Å²) in [6.07, 6.45) is 7.11. The van der Waals surface area contributed by atoms with Crippen molar-refractivity contribution in [2.75, 3.05) is 17.7 Å². The van der Waals surface area contributed by atoms with Crippen LogP contribution in [0.2, 0.25) is 0 Å². The van der Waals surface area contributed by atoms with E-state index < -0.39 is 0 Å². The molecule has 0 amide bonds. The number of hydrogen-bond acceptors (Lipinski definition) is 6. The maximum absolute atomic E-state index is 4.46. The van der Waals surface area contributed by atoms with Crippen molar-refractivity contribution in [1.29, 1.82) is 0 Å². The molecule has 0 spiro atoms. The number of nitrogens with zero attached hydrogens (tertiary/aromatic N) is 4. The zero-order valence-electron chi connectivity index (χ0n) is 12.2. The monoisotopic (exact) mass is 292 g/mol. The lowest BCUT2D eigenvalue weighted by Crippen LogP contribution is -2.05. The highest BCUT2D eigenvalue weighted by Crippen LogP contribution is 2.20. The van der Waals surface area contributed by atoms with Crippen molar-refractivity contribution >= 4 is 11.8 Å². The van der Waals surface area contributed by atoms with Gasteiger partial charge < -0.3 is 10.6 Å². The van der Waals surface area contributed by atoms with Crippen molar-refractivity contribution in [3.8, 4) is 11.3 Å². The predicted molar refractivity (Wildman–Crippen MR) is 86.4 cm³/mol. The summed E-state index contributed by atoms with van der Waals surface area (Å²) in [5, 5.41) is 6.28. The molecule has 0 fully saturated rings. The number of nitrogens with one attached hydrogen (secondary N) is 2. The second kappa shape index (κ2) is 6.62. The van der Waals surface area contributed by atoms with Crippen molar-refractivity contribution in [2.45, 2.75) is 6.54 Å². The standard InChI is InChI=1S/C16H16N6/c1-17-16-21-14(13-5-3-7-19-11-13)8-15(22-16)20-10-12-4-2-6-18-9-12/h2-9,11H,10H2,1H3,(H2,17,20,21,22). The summed E-state index contributed by atoms with van der Waals surface area (Å²) < 4.78 is 0. The van der Waals surface area contributed by atoms with Crippen molar-refractivity contribution in [1.82, 2.24) is 19.9 Å². The van der Waals surface area contributed by atoms with E-state index in [4.69, 9.17) is 0 Å². The molecule has 0 aliphatic rings. The van der Waals surface area contributed by atoms with Crippen LogP contribution in [0, 0.1) is 0 Å². The molecule has 0 saturated heterocycles. The van der Waals surface area contributed by atoms with Crippen molar-refractivity contribution in [3.63, 3.8) is 0 Å². The van der Waals surface area contributed by atoms with Gasteiger partial charge in [0.05, 0.1) is 5.69 Å². The summed E-state index contributed by atoms with van der Waals surface area (Å²) in [7, 11) is 1.80. The van der Waals surface area contributed by atoms with Crippen LogP contribution >= 0.6 is 0 Å². The average molecular weight is 292 g/mol. The van der Waals surface area contributed by atoms with E-state index in [1.165, 1.54) is 0 Å². The Hall–Kier alpha value is -3.02. The minimum Gasteiger partial charge on any atom is -0.366 e. The van der Waals surface area contributed by atoms with E-state index >= 15 is 0 Å². The molecule has 6 nitrogen and oxygen atoms in total. The van der Waals surface area contributed by atoms with Crippen molar-refractivity contribution in [2.24, 2.45) is 0 Å². The van der Waals surface area contributed by atoms with Crippen LogP contribution in [0.5, 0.6) is 0 Å². The van der Waals surface area contributed by atoms with Gasteiger partial charge in [0.1, 0.15) is 5.82 Å². The lowest BCUT2D eigenvalue weighted by atomic mass is 10.2. The van der Waals surface area contributed by atoms with Crippen LogP contribution in [0.1, 0.15) is 5.56 Å². The first-order valence-electron chi connectivity index (χ1n) is 6.95. The molecule has 0 atom stereocenters. The van der Waals surface area contributed by atoms with Crippen molar-refractivity contribution in [3.05, 3.63) is 60.7 Å². The van der Waals surface area contributed by atoms with Crippen LogP contribution in [0.25, 0.3) is 11.3 Å². The Morgan fingerprint density at radius 3 is 2.50 bits per heavy atom. The van der Waals surface area contributed by atoms with Gasteiger partial charge in [0.2, 0.25) is 5.95 Å². The van der Waals surface area contributed by atoms with E-state index in [0.29, 0.717) is 12.5 Å². The van der Waals surface area contributed by atoms with Gasteiger partial charge in [0.15, 0.2) is 0 Å². The maximum atomic E-state index is 4.46. The van der Waals surface area contributed by atoms with Crippen LogP contribution in [0.15, 0.2) is 55.1 Å². The van der Waals surface area contributed by atoms with Gasteiger partial charge in [-0.1, -0.05) is 6.07 Å². The van der Waals surface area contributed by atoms with Crippen molar-refractivity contribution < 1.29 is 0 Å². The molecule has 0 aliphatic heterocycles. The van der Waals surface area contributed by atoms with E-state index in [1.807, 2.05) is 36.5 Å². The minimum atomic E-state index is 0.565. The molecule has 3 aromatic rings. The van der Waals surface area contributed by atoms with E-state index in [1.54, 1.807) is 25.6 Å². The molecular formula is C16H16N6. The summed E-state index contributed by atoms with van der Waals surface area (Å²) >= 11 is 0. The SMILES string of the molecule is CNc1nc(NCc2cccnc2)cc(-c2cccnc2)n1. The summed E-state index contributed by atoms with van der Waals surface area (Å²) in [6.45, 7) is 0.653. The molecule has 0 radical (unpaired) electrons. The van der Waals surface area contributed by atoms with Gasteiger partial charge in [0.25, 0.3) is 0 Å². The van der Waals surface area contributed by atoms with Gasteiger partial charge in [-0.15, -0.1) is 0 Å². The molecule has 0 unspecified atom stereocenters. The Morgan fingerprint density at radius 2 is 1.82 bits per heavy atom. The zero-order chi connectivity index (χ0) is 15.2. The van der Waals surface area contributed by atoms with Crippen LogP contribution in [0.3, 0.4) is 0 Å². The van der Waals surface area contributed by atoms with E-state index in [9.17, 15) is 0 Å². The lowest BCUT2D eigenvalue weighted by molar-refractivity contribution is 1.07. The lowest BCUT2D eigenvalue weighted by Gasteiger charge is -2.09. The third-order valence-electron chi connectivity index (χ3n) is 3.10. The Bertz CT molecular complexity index is 730. The summed E-state index contributed by atoms with van der Waals surface area (Å²) in [6, 6.07) is 9.70. The Balaban J connectivity index is 1.85. The number of rotatable bonds is 5. The normalized spacial score (nSPS) is 10.2. The summed E-state index contributed by atoms with van der Waals surface area (Å²) in [5.74, 6) is 1.32. The van der Waals surface area contributed by atoms with E-state index in [-0.39, 0.29) is 0 Å². The molecule has 110 valence electrons. The van der Waals surface area contributed by atoms with Gasteiger partial charge in [-0.25, -0.2) is 4.98 Å². The quantitative estimate of drug-likeness (QED) is 0.753. The molecule has 3 rings (SSSR count). The van der Waals surface area contributed by atoms with Crippen LogP contribution in [0.4, 0.5) is 11.8 Å². The number of hydrogen-bond donors (Lipinski definition) is 2. The van der Waals surface area contributed by atoms with Crippen LogP contribution in [-0.2, 0) is 6.54 Å². The second-order valence-corrected chi connectivity index (χ2v) is 4.67. The van der Waals surface area contributed by atoms with Gasteiger partial charge in [-0.3, -0.25) is 9.97 Å². The highest BCUT2D eigenvalue weighted by Gasteiger charge is 2.06. The van der Waals surface area contributed by atoms with Gasteiger partial charge in [0, 0.05) is 50.0 Å². The summed E-state index contributed by atoms with van der Waals surface area (Å²) in [5.41, 5.74) is 2.86. The molecular weight excluding hydrogens is 276 g/mol. The maximum Gasteiger partial charge on any atom is 0.224 e. The smallest absolute Gasteiger partial charge is 0.224 e. The fourth-order valence-corrected chi connectivity index (χ4v) is 2.01. The summed E-state index contributed by atoms with van der Waals surface area (Å²) in [4.78, 5) is 17.1. The zero-order valence-corrected chi connectivity index (χ0v) is 12.2. The molecule has 22 heavy (non-hydrogen) atoms. The van der Waals surface area contributed by atoms with Gasteiger partial charge >= 0.3 is 0 Å². The Kier molecular flexibility index (Phi) is 4.20. The first-order valence-corrected chi connectivity index (χ1v) is 6.95. The largest absolute Gasteiger partial charge is 0.366 e. The van der Waals surface area contributed by atoms with E-state index in [2.05, 4.69) is 30.6 Å². The number of aromatic nitrogens is 4. The highest BCUT2D eigenvalue weighted by atomic mass is 15.1. The molecule has 3 heterocycles. The average Bonchev–Trinajstić information content (AvgIpc) is 2.61. The first-order chi connectivity index (χ1) is 10.8. The topological polar surface area (TPSA) is 75.6 Å². The first kappa shape index (κ1) is 13.9. The number of pyridine rings is 2. The molecule has 2 N–H and O–H groups in total. The number of anilines is 2. The molecule has 0 aromatic carbocycles. The Morgan fingerprint density at radius 1 is 1.00 bits per heavy atom. The van der Waals surface area contributed by atoms with Crippen LogP contribution in [-0.4, -0.2) is 27.0 Å². The van der Waals surface area contributed by atoms with Gasteiger partial charge in [-0.2, -0.15) is 4.98 Å². The highest BCUT2D eigenvalue weighted by molar-refractivity contribution is 5.63. The molecule has 0 bridgehead atoms. The molecule has 0 saturated carbocycles. The minimum absolute atomic E-state index is 0.565. The fraction of sp³-hybridized carbons (Fsp3) is 0.125. The third kappa shape index (κ3) is 3.35. The van der Waals surface area contributed by atoms with E-state index in [0.717, 1.165) is 22.6 Å². The van der Waals surface area contributed by atoms with Crippen LogP contribution < -0.4 is 10.6 Å². The predicted octanol–water partition coefficient (Wildman–Crippen LogP) is 2.59. The molecule has 0 aliphatic carbocycles. The van der Waals surface area contributed by atoms with Gasteiger partial charge in [-0.05, 0) is 23.8 Å². The second-order valence-electron chi connectivity index (χ2n) is 4.67.